The second-order valence-corrected chi connectivity index (χ2v) is 4.23. The number of nitro benzene ring substituents is 1. The molecule has 19 heavy (non-hydrogen) atoms. The molecule has 0 aliphatic rings. The maximum atomic E-state index is 10.9. The molecule has 0 fully saturated rings. The fourth-order valence-corrected chi connectivity index (χ4v) is 1.67. The first-order chi connectivity index (χ1) is 8.99. The topological polar surface area (TPSA) is 89.7 Å². The van der Waals surface area contributed by atoms with Crippen molar-refractivity contribution in [2.24, 2.45) is 5.92 Å². The second-order valence-electron chi connectivity index (χ2n) is 4.23. The summed E-state index contributed by atoms with van der Waals surface area (Å²) in [5.74, 6) is -0.611. The van der Waals surface area contributed by atoms with Crippen LogP contribution in [0.5, 0.6) is 5.75 Å². The van der Waals surface area contributed by atoms with Crippen molar-refractivity contribution in [3.63, 3.8) is 0 Å². The van der Waals surface area contributed by atoms with Gasteiger partial charge in [0.25, 0.3) is 5.69 Å². The number of carboxylic acids is 1. The Labute approximate surface area is 111 Å². The summed E-state index contributed by atoms with van der Waals surface area (Å²) in [5, 5.41) is 19.7. The van der Waals surface area contributed by atoms with Gasteiger partial charge in [0.15, 0.2) is 0 Å². The molecular formula is C13H17NO5. The van der Waals surface area contributed by atoms with Crippen molar-refractivity contribution in [3.8, 4) is 5.75 Å². The largest absolute Gasteiger partial charge is 0.493 e. The molecule has 0 amide bonds. The van der Waals surface area contributed by atoms with E-state index in [9.17, 15) is 14.9 Å². The highest BCUT2D eigenvalue weighted by atomic mass is 16.6. The molecule has 0 aromatic heterocycles. The minimum absolute atomic E-state index is 0.323. The van der Waals surface area contributed by atoms with E-state index < -0.39 is 16.6 Å². The van der Waals surface area contributed by atoms with Crippen LogP contribution in [0.3, 0.4) is 0 Å². The summed E-state index contributed by atoms with van der Waals surface area (Å²) >= 11 is 0. The van der Waals surface area contributed by atoms with Crippen LogP contribution < -0.4 is 4.74 Å². The van der Waals surface area contributed by atoms with E-state index in [2.05, 4.69) is 0 Å². The van der Waals surface area contributed by atoms with E-state index in [1.807, 2.05) is 13.8 Å². The van der Waals surface area contributed by atoms with Gasteiger partial charge in [-0.3, -0.25) is 10.1 Å². The maximum Gasteiger partial charge on any atom is 0.342 e. The second kappa shape index (κ2) is 6.72. The van der Waals surface area contributed by atoms with Crippen molar-refractivity contribution in [1.82, 2.24) is 0 Å². The van der Waals surface area contributed by atoms with Crippen LogP contribution in [0.1, 0.15) is 37.0 Å². The highest BCUT2D eigenvalue weighted by Crippen LogP contribution is 2.25. The van der Waals surface area contributed by atoms with E-state index in [0.717, 1.165) is 18.9 Å². The van der Waals surface area contributed by atoms with Crippen molar-refractivity contribution < 1.29 is 19.6 Å². The molecule has 0 atom stereocenters. The third kappa shape index (κ3) is 3.94. The van der Waals surface area contributed by atoms with Gasteiger partial charge in [0.2, 0.25) is 0 Å². The molecule has 0 radical (unpaired) electrons. The first-order valence-corrected chi connectivity index (χ1v) is 6.14. The summed E-state index contributed by atoms with van der Waals surface area (Å²) in [6.45, 7) is 4.57. The standard InChI is InChI=1S/C13H17NO5/c1-3-9(4-2)8-19-10-5-6-11(13(15)16)12(7-10)14(17)18/h5-7,9H,3-4,8H2,1-2H3,(H,15,16). The Hall–Kier alpha value is -2.11. The molecule has 0 saturated heterocycles. The molecule has 6 heteroatoms. The van der Waals surface area contributed by atoms with Crippen LogP contribution >= 0.6 is 0 Å². The molecule has 1 aromatic rings. The van der Waals surface area contributed by atoms with Gasteiger partial charge in [-0.1, -0.05) is 26.7 Å². The first kappa shape index (κ1) is 14.9. The normalized spacial score (nSPS) is 10.5. The van der Waals surface area contributed by atoms with Gasteiger partial charge in [-0.15, -0.1) is 0 Å². The summed E-state index contributed by atoms with van der Waals surface area (Å²) in [5.41, 5.74) is -0.783. The van der Waals surface area contributed by atoms with Crippen LogP contribution in [-0.2, 0) is 0 Å². The summed E-state index contributed by atoms with van der Waals surface area (Å²) in [6, 6.07) is 3.80. The quantitative estimate of drug-likeness (QED) is 0.605. The van der Waals surface area contributed by atoms with Gasteiger partial charge in [0, 0.05) is 0 Å². The fourth-order valence-electron chi connectivity index (χ4n) is 1.67. The third-order valence-electron chi connectivity index (χ3n) is 3.04. The van der Waals surface area contributed by atoms with E-state index in [4.69, 9.17) is 9.84 Å². The number of ether oxygens (including phenoxy) is 1. The number of aromatic carboxylic acids is 1. The maximum absolute atomic E-state index is 10.9. The Bertz CT molecular complexity index is 468. The molecule has 0 unspecified atom stereocenters. The molecule has 0 bridgehead atoms. The number of benzene rings is 1. The lowest BCUT2D eigenvalue weighted by Crippen LogP contribution is -2.10. The predicted octanol–water partition coefficient (Wildman–Crippen LogP) is 3.11. The lowest BCUT2D eigenvalue weighted by molar-refractivity contribution is -0.385. The van der Waals surface area contributed by atoms with Gasteiger partial charge in [0.05, 0.1) is 17.6 Å². The zero-order chi connectivity index (χ0) is 14.4. The zero-order valence-electron chi connectivity index (χ0n) is 11.0. The van der Waals surface area contributed by atoms with E-state index in [1.54, 1.807) is 0 Å². The molecule has 0 spiro atoms. The smallest absolute Gasteiger partial charge is 0.342 e. The predicted molar refractivity (Wildman–Crippen MR) is 69.6 cm³/mol. The van der Waals surface area contributed by atoms with Gasteiger partial charge in [-0.2, -0.15) is 0 Å². The molecular weight excluding hydrogens is 250 g/mol. The van der Waals surface area contributed by atoms with Crippen LogP contribution in [0.2, 0.25) is 0 Å². The highest BCUT2D eigenvalue weighted by Gasteiger charge is 2.20. The van der Waals surface area contributed by atoms with Crippen molar-refractivity contribution in [2.75, 3.05) is 6.61 Å². The third-order valence-corrected chi connectivity index (χ3v) is 3.04. The Balaban J connectivity index is 2.90. The minimum atomic E-state index is -1.32. The number of nitro groups is 1. The van der Waals surface area contributed by atoms with Crippen LogP contribution in [0.15, 0.2) is 18.2 Å². The number of carbonyl (C=O) groups is 1. The average molecular weight is 267 g/mol. The minimum Gasteiger partial charge on any atom is -0.493 e. The van der Waals surface area contributed by atoms with Gasteiger partial charge >= 0.3 is 5.97 Å². The lowest BCUT2D eigenvalue weighted by Gasteiger charge is -2.13. The van der Waals surface area contributed by atoms with Crippen molar-refractivity contribution in [2.45, 2.75) is 26.7 Å². The summed E-state index contributed by atoms with van der Waals surface area (Å²) in [6.07, 6.45) is 1.93. The zero-order valence-corrected chi connectivity index (χ0v) is 11.0. The van der Waals surface area contributed by atoms with E-state index in [0.29, 0.717) is 18.3 Å². The Morgan fingerprint density at radius 1 is 1.42 bits per heavy atom. The number of nitrogens with zero attached hydrogens (tertiary/aromatic N) is 1. The fraction of sp³-hybridized carbons (Fsp3) is 0.462. The van der Waals surface area contributed by atoms with E-state index >= 15 is 0 Å². The Morgan fingerprint density at radius 3 is 2.53 bits per heavy atom. The van der Waals surface area contributed by atoms with Crippen LogP contribution in [0, 0.1) is 16.0 Å². The van der Waals surface area contributed by atoms with Crippen LogP contribution in [0.25, 0.3) is 0 Å². The monoisotopic (exact) mass is 267 g/mol. The van der Waals surface area contributed by atoms with Crippen LogP contribution in [0.4, 0.5) is 5.69 Å². The highest BCUT2D eigenvalue weighted by molar-refractivity contribution is 5.92. The molecule has 6 nitrogen and oxygen atoms in total. The average Bonchev–Trinajstić information content (AvgIpc) is 2.39. The van der Waals surface area contributed by atoms with Crippen LogP contribution in [-0.4, -0.2) is 22.6 Å². The molecule has 0 saturated carbocycles. The summed E-state index contributed by atoms with van der Waals surface area (Å²) in [4.78, 5) is 21.0. The van der Waals surface area contributed by atoms with Gasteiger partial charge in [-0.25, -0.2) is 4.79 Å². The van der Waals surface area contributed by atoms with Crippen molar-refractivity contribution in [1.29, 1.82) is 0 Å². The molecule has 1 rings (SSSR count). The SMILES string of the molecule is CCC(CC)COc1ccc(C(=O)O)c([N+](=O)[O-])c1. The van der Waals surface area contributed by atoms with Crippen molar-refractivity contribution >= 4 is 11.7 Å². The molecule has 0 aliphatic carbocycles. The lowest BCUT2D eigenvalue weighted by atomic mass is 10.1. The molecule has 0 aliphatic heterocycles. The van der Waals surface area contributed by atoms with Gasteiger partial charge in [-0.05, 0) is 18.1 Å². The number of hydrogen-bond acceptors (Lipinski definition) is 4. The molecule has 1 N–H and O–H groups in total. The summed E-state index contributed by atoms with van der Waals surface area (Å²) < 4.78 is 5.48. The first-order valence-electron chi connectivity index (χ1n) is 6.14. The van der Waals surface area contributed by atoms with E-state index in [-0.39, 0.29) is 5.56 Å². The van der Waals surface area contributed by atoms with E-state index in [1.165, 1.54) is 12.1 Å². The number of carboxylic acid groups (broad SMARTS) is 1. The van der Waals surface area contributed by atoms with Gasteiger partial charge in [0.1, 0.15) is 11.3 Å². The number of hydrogen-bond donors (Lipinski definition) is 1. The number of rotatable bonds is 7. The molecule has 1 aromatic carbocycles. The molecule has 104 valence electrons. The summed E-state index contributed by atoms with van der Waals surface area (Å²) in [7, 11) is 0. The Kier molecular flexibility index (Phi) is 5.29. The molecule has 0 heterocycles. The Morgan fingerprint density at radius 2 is 2.05 bits per heavy atom. The van der Waals surface area contributed by atoms with Gasteiger partial charge < -0.3 is 9.84 Å². The van der Waals surface area contributed by atoms with Crippen molar-refractivity contribution in [3.05, 3.63) is 33.9 Å².